The standard InChI is InChI=1S/C22H36F2O3.C3H8/c1-5-16-7-9-18(10-8-16)20-12-11-19(14-27-20)26-13-17(6-2)22(24)21(23)15(3)25-4;1-3-2/h16,18-20H,5-14H2,1-4H3;3H2,1-2H3/b21-15-,22-17-;. The normalized spacial score (nSPS) is 28.7. The molecule has 1 aliphatic carbocycles. The molecule has 1 heterocycles. The summed E-state index contributed by atoms with van der Waals surface area (Å²) in [6, 6.07) is 0. The SMILES string of the molecule is CC/C(COC1CCC(C2CCC(CC)CC2)OC1)=C(F)\C(F)=C(/C)OC.CCC. The predicted molar refractivity (Wildman–Crippen MR) is 120 cm³/mol. The summed E-state index contributed by atoms with van der Waals surface area (Å²) in [4.78, 5) is 0. The Balaban J connectivity index is 0.00000141. The summed E-state index contributed by atoms with van der Waals surface area (Å²) in [5, 5.41) is 0. The van der Waals surface area contributed by atoms with Crippen LogP contribution >= 0.6 is 0 Å². The first-order valence-corrected chi connectivity index (χ1v) is 11.9. The smallest absolute Gasteiger partial charge is 0.196 e. The molecule has 5 heteroatoms. The minimum Gasteiger partial charge on any atom is -0.498 e. The second-order valence-corrected chi connectivity index (χ2v) is 8.62. The molecule has 0 aromatic carbocycles. The van der Waals surface area contributed by atoms with Crippen LogP contribution in [0.4, 0.5) is 8.78 Å². The largest absolute Gasteiger partial charge is 0.498 e. The first kappa shape index (κ1) is 27.1. The molecule has 0 N–H and O–H groups in total. The van der Waals surface area contributed by atoms with Gasteiger partial charge >= 0.3 is 0 Å². The third-order valence-corrected chi connectivity index (χ3v) is 6.30. The number of hydrogen-bond acceptors (Lipinski definition) is 3. The fourth-order valence-electron chi connectivity index (χ4n) is 4.16. The van der Waals surface area contributed by atoms with E-state index in [1.807, 2.05) is 0 Å². The molecule has 3 nitrogen and oxygen atoms in total. The lowest BCUT2D eigenvalue weighted by Gasteiger charge is -2.37. The van der Waals surface area contributed by atoms with Crippen LogP contribution in [-0.2, 0) is 14.2 Å². The average Bonchev–Trinajstić information content (AvgIpc) is 2.79. The van der Waals surface area contributed by atoms with Gasteiger partial charge in [-0.2, -0.15) is 0 Å². The lowest BCUT2D eigenvalue weighted by atomic mass is 9.77. The van der Waals surface area contributed by atoms with Crippen molar-refractivity contribution in [2.45, 2.75) is 105 Å². The molecule has 1 saturated heterocycles. The molecule has 2 fully saturated rings. The second-order valence-electron chi connectivity index (χ2n) is 8.62. The maximum atomic E-state index is 14.3. The van der Waals surface area contributed by atoms with Gasteiger partial charge in [0, 0.05) is 0 Å². The van der Waals surface area contributed by atoms with E-state index in [1.54, 1.807) is 6.92 Å². The zero-order valence-electron chi connectivity index (χ0n) is 20.1. The molecule has 2 unspecified atom stereocenters. The Morgan fingerprint density at radius 1 is 0.933 bits per heavy atom. The summed E-state index contributed by atoms with van der Waals surface area (Å²) in [5.74, 6) is -0.292. The number of ether oxygens (including phenoxy) is 3. The average molecular weight is 431 g/mol. The van der Waals surface area contributed by atoms with Crippen molar-refractivity contribution >= 4 is 0 Å². The quantitative estimate of drug-likeness (QED) is 0.292. The van der Waals surface area contributed by atoms with Crippen molar-refractivity contribution in [2.75, 3.05) is 20.3 Å². The zero-order valence-corrected chi connectivity index (χ0v) is 20.1. The van der Waals surface area contributed by atoms with Crippen LogP contribution in [0.15, 0.2) is 23.0 Å². The van der Waals surface area contributed by atoms with E-state index < -0.39 is 11.7 Å². The highest BCUT2D eigenvalue weighted by atomic mass is 19.2. The van der Waals surface area contributed by atoms with Crippen molar-refractivity contribution in [3.8, 4) is 0 Å². The summed E-state index contributed by atoms with van der Waals surface area (Å²) < 4.78 is 44.9. The molecule has 30 heavy (non-hydrogen) atoms. The Kier molecular flexibility index (Phi) is 13.5. The van der Waals surface area contributed by atoms with Crippen molar-refractivity contribution in [2.24, 2.45) is 11.8 Å². The van der Waals surface area contributed by atoms with E-state index in [2.05, 4.69) is 20.8 Å². The van der Waals surface area contributed by atoms with Crippen molar-refractivity contribution < 1.29 is 23.0 Å². The van der Waals surface area contributed by atoms with Crippen LogP contribution < -0.4 is 0 Å². The van der Waals surface area contributed by atoms with Gasteiger partial charge in [0.25, 0.3) is 0 Å². The number of methoxy groups -OCH3 is 1. The number of allylic oxidation sites excluding steroid dienone is 3. The van der Waals surface area contributed by atoms with Crippen LogP contribution in [0.1, 0.15) is 92.4 Å². The molecule has 0 aromatic heterocycles. The fraction of sp³-hybridized carbons (Fsp3) is 0.840. The van der Waals surface area contributed by atoms with Crippen molar-refractivity contribution in [3.05, 3.63) is 23.0 Å². The van der Waals surface area contributed by atoms with Crippen LogP contribution in [0.5, 0.6) is 0 Å². The van der Waals surface area contributed by atoms with Gasteiger partial charge in [-0.15, -0.1) is 0 Å². The van der Waals surface area contributed by atoms with Gasteiger partial charge in [-0.05, 0) is 56.4 Å². The Morgan fingerprint density at radius 2 is 1.57 bits per heavy atom. The molecule has 0 amide bonds. The first-order valence-electron chi connectivity index (χ1n) is 11.9. The molecular weight excluding hydrogens is 386 g/mol. The number of halogens is 2. The Morgan fingerprint density at radius 3 is 2.03 bits per heavy atom. The summed E-state index contributed by atoms with van der Waals surface area (Å²) in [7, 11) is 1.33. The lowest BCUT2D eigenvalue weighted by molar-refractivity contribution is -0.104. The molecule has 1 aliphatic heterocycles. The second kappa shape index (κ2) is 15.0. The van der Waals surface area contributed by atoms with Crippen LogP contribution in [0.25, 0.3) is 0 Å². The van der Waals surface area contributed by atoms with Gasteiger partial charge in [0.1, 0.15) is 5.76 Å². The molecule has 2 aliphatic rings. The van der Waals surface area contributed by atoms with Gasteiger partial charge in [-0.1, -0.05) is 53.4 Å². The maximum Gasteiger partial charge on any atom is 0.196 e. The maximum absolute atomic E-state index is 14.3. The molecule has 2 rings (SSSR count). The first-order chi connectivity index (χ1) is 14.4. The molecule has 176 valence electrons. The molecule has 0 aromatic rings. The highest BCUT2D eigenvalue weighted by molar-refractivity contribution is 5.27. The van der Waals surface area contributed by atoms with Crippen LogP contribution in [0, 0.1) is 11.8 Å². The van der Waals surface area contributed by atoms with E-state index in [0.717, 1.165) is 18.8 Å². The third-order valence-electron chi connectivity index (χ3n) is 6.30. The predicted octanol–water partition coefficient (Wildman–Crippen LogP) is 7.66. The van der Waals surface area contributed by atoms with Crippen LogP contribution in [0.3, 0.4) is 0 Å². The Labute approximate surface area is 183 Å². The molecule has 0 spiro atoms. The van der Waals surface area contributed by atoms with Gasteiger partial charge in [-0.25, -0.2) is 8.78 Å². The molecule has 0 radical (unpaired) electrons. The van der Waals surface area contributed by atoms with Gasteiger partial charge in [0.15, 0.2) is 11.7 Å². The minimum absolute atomic E-state index is 0.0434. The van der Waals surface area contributed by atoms with Gasteiger partial charge < -0.3 is 14.2 Å². The zero-order chi connectivity index (χ0) is 22.5. The van der Waals surface area contributed by atoms with Crippen molar-refractivity contribution in [1.29, 1.82) is 0 Å². The summed E-state index contributed by atoms with van der Waals surface area (Å²) in [5.41, 5.74) is 0.323. The van der Waals surface area contributed by atoms with Crippen LogP contribution in [-0.4, -0.2) is 32.5 Å². The molecule has 1 saturated carbocycles. The van der Waals surface area contributed by atoms with E-state index in [-0.39, 0.29) is 18.5 Å². The lowest BCUT2D eigenvalue weighted by Crippen LogP contribution is -2.37. The monoisotopic (exact) mass is 430 g/mol. The van der Waals surface area contributed by atoms with Crippen molar-refractivity contribution in [1.82, 2.24) is 0 Å². The molecule has 2 atom stereocenters. The van der Waals surface area contributed by atoms with E-state index in [9.17, 15) is 8.78 Å². The fourth-order valence-corrected chi connectivity index (χ4v) is 4.16. The Bertz CT molecular complexity index is 529. The highest BCUT2D eigenvalue weighted by Gasteiger charge is 2.31. The summed E-state index contributed by atoms with van der Waals surface area (Å²) >= 11 is 0. The van der Waals surface area contributed by atoms with Gasteiger partial charge in [-0.3, -0.25) is 0 Å². The van der Waals surface area contributed by atoms with E-state index in [1.165, 1.54) is 52.6 Å². The molecule has 0 bridgehead atoms. The summed E-state index contributed by atoms with van der Waals surface area (Å²) in [6.45, 7) is 10.4. The van der Waals surface area contributed by atoms with Crippen LogP contribution in [0.2, 0.25) is 0 Å². The summed E-state index contributed by atoms with van der Waals surface area (Å²) in [6.07, 6.45) is 10.3. The Hall–Kier alpha value is -0.940. The highest BCUT2D eigenvalue weighted by Crippen LogP contribution is 2.36. The van der Waals surface area contributed by atoms with E-state index >= 15 is 0 Å². The third kappa shape index (κ3) is 8.66. The number of hydrogen-bond donors (Lipinski definition) is 0. The van der Waals surface area contributed by atoms with Gasteiger partial charge in [0.2, 0.25) is 0 Å². The van der Waals surface area contributed by atoms with Gasteiger partial charge in [0.05, 0.1) is 32.5 Å². The molecular formula is C25H44F2O3. The van der Waals surface area contributed by atoms with Crippen molar-refractivity contribution in [3.63, 3.8) is 0 Å². The topological polar surface area (TPSA) is 27.7 Å². The number of rotatable bonds is 8. The minimum atomic E-state index is -0.944. The van der Waals surface area contributed by atoms with E-state index in [4.69, 9.17) is 14.2 Å². The van der Waals surface area contributed by atoms with E-state index in [0.29, 0.717) is 30.6 Å².